The summed E-state index contributed by atoms with van der Waals surface area (Å²) in [5, 5.41) is 9.37. The van der Waals surface area contributed by atoms with E-state index in [1.165, 1.54) is 18.2 Å². The van der Waals surface area contributed by atoms with Crippen LogP contribution in [-0.4, -0.2) is 13.5 Å². The predicted octanol–water partition coefficient (Wildman–Crippen LogP) is 3.15. The quantitative estimate of drug-likeness (QED) is 0.571. The molecule has 0 saturated heterocycles. The maximum absolute atomic E-state index is 12.4. The van der Waals surface area contributed by atoms with E-state index in [1.54, 1.807) is 0 Å². The van der Waals surface area contributed by atoms with Crippen molar-refractivity contribution in [2.75, 3.05) is 10.5 Å². The van der Waals surface area contributed by atoms with Crippen molar-refractivity contribution < 1.29 is 13.5 Å². The molecule has 0 radical (unpaired) electrons. The number of sulfonamides is 1. The lowest BCUT2D eigenvalue weighted by atomic mass is 10.1. The highest BCUT2D eigenvalue weighted by atomic mass is 79.9. The number of hydrogen-bond acceptors (Lipinski definition) is 4. The van der Waals surface area contributed by atoms with E-state index in [1.807, 2.05) is 26.0 Å². The highest BCUT2D eigenvalue weighted by Crippen LogP contribution is 2.29. The number of nitrogens with two attached hydrogens (primary N) is 1. The molecular formula is C14H15BrN2O3S. The average molecular weight is 371 g/mol. The molecule has 0 aliphatic heterocycles. The van der Waals surface area contributed by atoms with Crippen LogP contribution < -0.4 is 10.5 Å². The molecule has 4 N–H and O–H groups in total. The van der Waals surface area contributed by atoms with Crippen LogP contribution in [0.15, 0.2) is 39.7 Å². The van der Waals surface area contributed by atoms with Crippen LogP contribution in [0, 0.1) is 13.8 Å². The van der Waals surface area contributed by atoms with Crippen LogP contribution in [0.1, 0.15) is 11.1 Å². The predicted molar refractivity (Wildman–Crippen MR) is 86.9 cm³/mol. The molecule has 0 aliphatic rings. The molecule has 112 valence electrons. The van der Waals surface area contributed by atoms with Crippen molar-refractivity contribution in [3.05, 3.63) is 45.9 Å². The van der Waals surface area contributed by atoms with Crippen LogP contribution in [0.2, 0.25) is 0 Å². The number of aromatic hydroxyl groups is 1. The molecule has 0 spiro atoms. The molecule has 5 nitrogen and oxygen atoms in total. The number of halogens is 1. The SMILES string of the molecule is Cc1cc(Br)cc(C)c1NS(=O)(=O)c1ccc(O)c(N)c1. The molecular weight excluding hydrogens is 356 g/mol. The van der Waals surface area contributed by atoms with Gasteiger partial charge in [-0.1, -0.05) is 15.9 Å². The van der Waals surface area contributed by atoms with Gasteiger partial charge in [0.05, 0.1) is 16.3 Å². The van der Waals surface area contributed by atoms with Gasteiger partial charge in [0.2, 0.25) is 0 Å². The maximum Gasteiger partial charge on any atom is 0.261 e. The van der Waals surface area contributed by atoms with Gasteiger partial charge in [-0.05, 0) is 55.3 Å². The van der Waals surface area contributed by atoms with Crippen molar-refractivity contribution in [1.29, 1.82) is 0 Å². The van der Waals surface area contributed by atoms with E-state index in [0.717, 1.165) is 15.6 Å². The third kappa shape index (κ3) is 3.30. The van der Waals surface area contributed by atoms with E-state index in [-0.39, 0.29) is 16.3 Å². The van der Waals surface area contributed by atoms with Crippen LogP contribution in [0.4, 0.5) is 11.4 Å². The molecule has 0 saturated carbocycles. The minimum absolute atomic E-state index is 0.000446. The molecule has 0 atom stereocenters. The zero-order valence-corrected chi connectivity index (χ0v) is 13.9. The van der Waals surface area contributed by atoms with Gasteiger partial charge in [0.1, 0.15) is 5.75 Å². The van der Waals surface area contributed by atoms with Crippen molar-refractivity contribution in [2.24, 2.45) is 0 Å². The Hall–Kier alpha value is -1.73. The Bertz CT molecular complexity index is 781. The zero-order valence-electron chi connectivity index (χ0n) is 11.5. The average Bonchev–Trinajstić information content (AvgIpc) is 2.37. The molecule has 0 fully saturated rings. The van der Waals surface area contributed by atoms with Crippen LogP contribution in [0.25, 0.3) is 0 Å². The molecule has 21 heavy (non-hydrogen) atoms. The number of rotatable bonds is 3. The minimum atomic E-state index is -3.77. The number of hydrogen-bond donors (Lipinski definition) is 3. The topological polar surface area (TPSA) is 92.4 Å². The highest BCUT2D eigenvalue weighted by molar-refractivity contribution is 9.10. The van der Waals surface area contributed by atoms with Crippen LogP contribution in [0.5, 0.6) is 5.75 Å². The largest absolute Gasteiger partial charge is 0.506 e. The van der Waals surface area contributed by atoms with E-state index in [9.17, 15) is 13.5 Å². The van der Waals surface area contributed by atoms with Gasteiger partial charge in [0, 0.05) is 4.47 Å². The minimum Gasteiger partial charge on any atom is -0.506 e. The summed E-state index contributed by atoms with van der Waals surface area (Å²) in [6.07, 6.45) is 0. The summed E-state index contributed by atoms with van der Waals surface area (Å²) in [5.41, 5.74) is 7.70. The second kappa shape index (κ2) is 5.57. The first-order chi connectivity index (χ1) is 9.70. The number of nitrogen functional groups attached to an aromatic ring is 1. The smallest absolute Gasteiger partial charge is 0.261 e. The van der Waals surface area contributed by atoms with E-state index in [4.69, 9.17) is 5.73 Å². The van der Waals surface area contributed by atoms with Gasteiger partial charge in [-0.2, -0.15) is 0 Å². The Kier molecular flexibility index (Phi) is 4.15. The Labute approximate surface area is 132 Å². The Morgan fingerprint density at radius 3 is 2.24 bits per heavy atom. The number of phenols is 1. The Morgan fingerprint density at radius 1 is 1.14 bits per heavy atom. The molecule has 2 aromatic carbocycles. The van der Waals surface area contributed by atoms with E-state index in [2.05, 4.69) is 20.7 Å². The lowest BCUT2D eigenvalue weighted by molar-refractivity contribution is 0.477. The van der Waals surface area contributed by atoms with E-state index in [0.29, 0.717) is 5.69 Å². The molecule has 0 bridgehead atoms. The molecule has 0 heterocycles. The Morgan fingerprint density at radius 2 is 1.71 bits per heavy atom. The summed E-state index contributed by atoms with van der Waals surface area (Å²) in [5.74, 6) is -0.148. The molecule has 7 heteroatoms. The van der Waals surface area contributed by atoms with Crippen LogP contribution in [0.3, 0.4) is 0 Å². The highest BCUT2D eigenvalue weighted by Gasteiger charge is 2.18. The van der Waals surface area contributed by atoms with Gasteiger partial charge in [-0.25, -0.2) is 8.42 Å². The number of aryl methyl sites for hydroxylation is 2. The summed E-state index contributed by atoms with van der Waals surface area (Å²) in [4.78, 5) is -0.000446. The summed E-state index contributed by atoms with van der Waals surface area (Å²) in [7, 11) is -3.77. The third-order valence-corrected chi connectivity index (χ3v) is 4.85. The molecule has 2 rings (SSSR count). The van der Waals surface area contributed by atoms with Gasteiger partial charge in [-0.15, -0.1) is 0 Å². The summed E-state index contributed by atoms with van der Waals surface area (Å²) < 4.78 is 28.2. The normalized spacial score (nSPS) is 11.4. The fraction of sp³-hybridized carbons (Fsp3) is 0.143. The molecule has 0 amide bonds. The van der Waals surface area contributed by atoms with Gasteiger partial charge in [0.25, 0.3) is 10.0 Å². The van der Waals surface area contributed by atoms with Crippen molar-refractivity contribution in [3.8, 4) is 5.75 Å². The fourth-order valence-corrected chi connectivity index (χ4v) is 3.89. The maximum atomic E-state index is 12.4. The van der Waals surface area contributed by atoms with Crippen molar-refractivity contribution in [3.63, 3.8) is 0 Å². The first-order valence-corrected chi connectivity index (χ1v) is 8.36. The van der Waals surface area contributed by atoms with Crippen molar-refractivity contribution in [2.45, 2.75) is 18.7 Å². The molecule has 0 aliphatic carbocycles. The standard InChI is InChI=1S/C14H15BrN2O3S/c1-8-5-10(15)6-9(2)14(8)17-21(19,20)11-3-4-13(18)12(16)7-11/h3-7,17-18H,16H2,1-2H3. The molecule has 0 aromatic heterocycles. The number of nitrogens with one attached hydrogen (secondary N) is 1. The van der Waals surface area contributed by atoms with Crippen LogP contribution in [-0.2, 0) is 10.0 Å². The third-order valence-electron chi connectivity index (χ3n) is 3.04. The summed E-state index contributed by atoms with van der Waals surface area (Å²) >= 11 is 3.37. The summed E-state index contributed by atoms with van der Waals surface area (Å²) in [6, 6.07) is 7.44. The fourth-order valence-electron chi connectivity index (χ4n) is 1.96. The van der Waals surface area contributed by atoms with Crippen molar-refractivity contribution >= 4 is 37.3 Å². The number of benzene rings is 2. The molecule has 0 unspecified atom stereocenters. The van der Waals surface area contributed by atoms with Gasteiger partial charge >= 0.3 is 0 Å². The van der Waals surface area contributed by atoms with E-state index < -0.39 is 10.0 Å². The van der Waals surface area contributed by atoms with Crippen molar-refractivity contribution in [1.82, 2.24) is 0 Å². The summed E-state index contributed by atoms with van der Waals surface area (Å²) in [6.45, 7) is 3.64. The lowest BCUT2D eigenvalue weighted by Gasteiger charge is -2.14. The second-order valence-corrected chi connectivity index (χ2v) is 7.34. The Balaban J connectivity index is 2.44. The van der Waals surface area contributed by atoms with Crippen LogP contribution >= 0.6 is 15.9 Å². The van der Waals surface area contributed by atoms with Gasteiger partial charge in [0.15, 0.2) is 0 Å². The number of phenolic OH excluding ortho intramolecular Hbond substituents is 1. The first-order valence-electron chi connectivity index (χ1n) is 6.09. The molecule has 2 aromatic rings. The second-order valence-electron chi connectivity index (χ2n) is 4.74. The van der Waals surface area contributed by atoms with E-state index >= 15 is 0 Å². The first kappa shape index (κ1) is 15.7. The van der Waals surface area contributed by atoms with Gasteiger partial charge in [-0.3, -0.25) is 4.72 Å². The number of anilines is 2. The lowest BCUT2D eigenvalue weighted by Crippen LogP contribution is -2.15. The monoisotopic (exact) mass is 370 g/mol. The zero-order chi connectivity index (χ0) is 15.8. The van der Waals surface area contributed by atoms with Gasteiger partial charge < -0.3 is 10.8 Å².